The lowest BCUT2D eigenvalue weighted by Gasteiger charge is -2.36. The van der Waals surface area contributed by atoms with Crippen molar-refractivity contribution in [3.63, 3.8) is 0 Å². The van der Waals surface area contributed by atoms with E-state index in [2.05, 4.69) is 21.7 Å². The minimum absolute atomic E-state index is 0.0780. The standard InChI is InChI=1S/C21H28N4O4S/c1-16-4-5-18(29-16)20(26)24-6-8-25(9-7-24)21(27)22-15-17(19-3-2-14-30-19)23-10-12-28-13-11-23/h2-5,14,17H,6-13,15H2,1H3,(H,22,27). The summed E-state index contributed by atoms with van der Waals surface area (Å²) < 4.78 is 10.9. The van der Waals surface area contributed by atoms with E-state index in [1.165, 1.54) is 4.88 Å². The molecule has 0 radical (unpaired) electrons. The number of carbonyl (C=O) groups excluding carboxylic acids is 2. The fraction of sp³-hybridized carbons (Fsp3) is 0.524. The molecule has 9 heteroatoms. The van der Waals surface area contributed by atoms with Crippen LogP contribution in [0.5, 0.6) is 0 Å². The largest absolute Gasteiger partial charge is 0.456 e. The number of nitrogens with zero attached hydrogens (tertiary/aromatic N) is 3. The third-order valence-corrected chi connectivity index (χ3v) is 6.58. The Morgan fingerprint density at radius 1 is 1.07 bits per heavy atom. The van der Waals surface area contributed by atoms with Crippen molar-refractivity contribution in [3.05, 3.63) is 46.0 Å². The number of aryl methyl sites for hydroxylation is 1. The molecule has 0 spiro atoms. The van der Waals surface area contributed by atoms with Crippen LogP contribution in [0.2, 0.25) is 0 Å². The van der Waals surface area contributed by atoms with Crippen LogP contribution in [0, 0.1) is 6.92 Å². The van der Waals surface area contributed by atoms with Gasteiger partial charge in [0.2, 0.25) is 0 Å². The van der Waals surface area contributed by atoms with Gasteiger partial charge in [0.25, 0.3) is 5.91 Å². The number of piperazine rings is 1. The Hall–Kier alpha value is -2.36. The Labute approximate surface area is 180 Å². The number of rotatable bonds is 5. The van der Waals surface area contributed by atoms with Gasteiger partial charge in [-0.15, -0.1) is 11.3 Å². The lowest BCUT2D eigenvalue weighted by molar-refractivity contribution is 0.0170. The van der Waals surface area contributed by atoms with E-state index >= 15 is 0 Å². The Balaban J connectivity index is 1.29. The second kappa shape index (κ2) is 9.63. The smallest absolute Gasteiger partial charge is 0.317 e. The molecule has 1 unspecified atom stereocenters. The second-order valence-corrected chi connectivity index (χ2v) is 8.53. The number of ether oxygens (including phenoxy) is 1. The molecule has 30 heavy (non-hydrogen) atoms. The monoisotopic (exact) mass is 432 g/mol. The van der Waals surface area contributed by atoms with Gasteiger partial charge < -0.3 is 24.3 Å². The quantitative estimate of drug-likeness (QED) is 0.784. The summed E-state index contributed by atoms with van der Waals surface area (Å²) in [4.78, 5) is 32.4. The Kier molecular flexibility index (Phi) is 6.71. The molecule has 0 saturated carbocycles. The first-order valence-electron chi connectivity index (χ1n) is 10.4. The maximum absolute atomic E-state index is 12.8. The van der Waals surface area contributed by atoms with Gasteiger partial charge in [0.05, 0.1) is 19.3 Å². The highest BCUT2D eigenvalue weighted by Crippen LogP contribution is 2.25. The number of thiophene rings is 1. The number of urea groups is 1. The molecule has 3 amide bonds. The molecule has 2 saturated heterocycles. The second-order valence-electron chi connectivity index (χ2n) is 7.56. The molecule has 2 aliphatic heterocycles. The van der Waals surface area contributed by atoms with Crippen LogP contribution in [-0.4, -0.2) is 85.7 Å². The maximum Gasteiger partial charge on any atom is 0.317 e. The van der Waals surface area contributed by atoms with Crippen molar-refractivity contribution < 1.29 is 18.7 Å². The number of furan rings is 1. The van der Waals surface area contributed by atoms with Crippen LogP contribution in [0.4, 0.5) is 4.79 Å². The van der Waals surface area contributed by atoms with Gasteiger partial charge in [0, 0.05) is 50.7 Å². The molecule has 0 bridgehead atoms. The predicted octanol–water partition coefficient (Wildman–Crippen LogP) is 2.19. The van der Waals surface area contributed by atoms with Crippen molar-refractivity contribution in [3.8, 4) is 0 Å². The van der Waals surface area contributed by atoms with Crippen molar-refractivity contribution in [2.75, 3.05) is 59.0 Å². The zero-order valence-corrected chi connectivity index (χ0v) is 18.0. The Morgan fingerprint density at radius 2 is 1.80 bits per heavy atom. The molecule has 1 N–H and O–H groups in total. The third-order valence-electron chi connectivity index (χ3n) is 5.61. The number of hydrogen-bond donors (Lipinski definition) is 1. The lowest BCUT2D eigenvalue weighted by Crippen LogP contribution is -2.54. The number of amides is 3. The Morgan fingerprint density at radius 3 is 2.43 bits per heavy atom. The van der Waals surface area contributed by atoms with Crippen LogP contribution >= 0.6 is 11.3 Å². The molecular weight excluding hydrogens is 404 g/mol. The number of morpholine rings is 1. The maximum atomic E-state index is 12.8. The summed E-state index contributed by atoms with van der Waals surface area (Å²) in [5.41, 5.74) is 0. The highest BCUT2D eigenvalue weighted by molar-refractivity contribution is 7.10. The fourth-order valence-electron chi connectivity index (χ4n) is 3.89. The minimum atomic E-state index is -0.117. The van der Waals surface area contributed by atoms with Gasteiger partial charge in [0.15, 0.2) is 5.76 Å². The summed E-state index contributed by atoms with van der Waals surface area (Å²) in [5, 5.41) is 5.18. The van der Waals surface area contributed by atoms with E-state index in [1.54, 1.807) is 33.3 Å². The molecule has 2 aromatic heterocycles. The molecule has 162 valence electrons. The van der Waals surface area contributed by atoms with Gasteiger partial charge in [-0.1, -0.05) is 6.07 Å². The average molecular weight is 433 g/mol. The van der Waals surface area contributed by atoms with Gasteiger partial charge in [-0.25, -0.2) is 4.79 Å². The first-order chi connectivity index (χ1) is 14.6. The van der Waals surface area contributed by atoms with E-state index in [1.807, 2.05) is 13.0 Å². The van der Waals surface area contributed by atoms with Crippen LogP contribution in [0.15, 0.2) is 34.1 Å². The van der Waals surface area contributed by atoms with Crippen molar-refractivity contribution in [2.24, 2.45) is 0 Å². The zero-order valence-electron chi connectivity index (χ0n) is 17.2. The zero-order chi connectivity index (χ0) is 20.9. The van der Waals surface area contributed by atoms with Crippen LogP contribution < -0.4 is 5.32 Å². The molecule has 4 heterocycles. The summed E-state index contributed by atoms with van der Waals surface area (Å²) in [5.74, 6) is 0.958. The summed E-state index contributed by atoms with van der Waals surface area (Å²) in [6, 6.07) is 7.74. The molecule has 0 aliphatic carbocycles. The third kappa shape index (κ3) is 4.85. The first-order valence-corrected chi connectivity index (χ1v) is 11.2. The summed E-state index contributed by atoms with van der Waals surface area (Å²) in [7, 11) is 0. The molecule has 2 aliphatic rings. The minimum Gasteiger partial charge on any atom is -0.456 e. The SMILES string of the molecule is Cc1ccc(C(=O)N2CCN(C(=O)NCC(c3cccs3)N3CCOCC3)CC2)o1. The lowest BCUT2D eigenvalue weighted by atomic mass is 10.2. The normalized spacial score (nSPS) is 19.0. The molecule has 2 aromatic rings. The average Bonchev–Trinajstić information content (AvgIpc) is 3.46. The van der Waals surface area contributed by atoms with Crippen molar-refractivity contribution >= 4 is 23.3 Å². The summed E-state index contributed by atoms with van der Waals surface area (Å²) in [6.45, 7) is 7.59. The van der Waals surface area contributed by atoms with E-state index in [0.29, 0.717) is 38.5 Å². The van der Waals surface area contributed by atoms with E-state index in [0.717, 1.165) is 32.1 Å². The van der Waals surface area contributed by atoms with Gasteiger partial charge in [-0.3, -0.25) is 9.69 Å². The molecular formula is C21H28N4O4S. The molecule has 0 aromatic carbocycles. The molecule has 2 fully saturated rings. The molecule has 1 atom stereocenters. The van der Waals surface area contributed by atoms with E-state index in [9.17, 15) is 9.59 Å². The van der Waals surface area contributed by atoms with E-state index < -0.39 is 0 Å². The molecule has 4 rings (SSSR count). The number of hydrogen-bond acceptors (Lipinski definition) is 6. The van der Waals surface area contributed by atoms with E-state index in [-0.39, 0.29) is 18.0 Å². The van der Waals surface area contributed by atoms with Gasteiger partial charge in [-0.2, -0.15) is 0 Å². The summed E-state index contributed by atoms with van der Waals surface area (Å²) >= 11 is 1.71. The van der Waals surface area contributed by atoms with Crippen molar-refractivity contribution in [2.45, 2.75) is 13.0 Å². The Bertz CT molecular complexity index is 839. The van der Waals surface area contributed by atoms with Crippen molar-refractivity contribution in [1.29, 1.82) is 0 Å². The van der Waals surface area contributed by atoms with Crippen LogP contribution in [0.3, 0.4) is 0 Å². The number of carbonyl (C=O) groups is 2. The van der Waals surface area contributed by atoms with Crippen LogP contribution in [-0.2, 0) is 4.74 Å². The van der Waals surface area contributed by atoms with E-state index in [4.69, 9.17) is 9.15 Å². The first kappa shape index (κ1) is 20.9. The number of nitrogens with one attached hydrogen (secondary N) is 1. The summed E-state index contributed by atoms with van der Waals surface area (Å²) in [6.07, 6.45) is 0. The highest BCUT2D eigenvalue weighted by Gasteiger charge is 2.28. The predicted molar refractivity (Wildman–Crippen MR) is 114 cm³/mol. The van der Waals surface area contributed by atoms with Crippen LogP contribution in [0.25, 0.3) is 0 Å². The van der Waals surface area contributed by atoms with Crippen LogP contribution in [0.1, 0.15) is 27.2 Å². The van der Waals surface area contributed by atoms with Gasteiger partial charge >= 0.3 is 6.03 Å². The van der Waals surface area contributed by atoms with Gasteiger partial charge in [0.1, 0.15) is 5.76 Å². The molecule has 8 nitrogen and oxygen atoms in total. The highest BCUT2D eigenvalue weighted by atomic mass is 32.1. The van der Waals surface area contributed by atoms with Crippen molar-refractivity contribution in [1.82, 2.24) is 20.0 Å². The fourth-order valence-corrected chi connectivity index (χ4v) is 4.75. The van der Waals surface area contributed by atoms with Gasteiger partial charge in [-0.05, 0) is 30.5 Å². The topological polar surface area (TPSA) is 78.3 Å².